The lowest BCUT2D eigenvalue weighted by Crippen LogP contribution is -2.28. The average Bonchev–Trinajstić information content (AvgIpc) is 2.46. The number of carbonyl (C=O) groups excluding carboxylic acids is 1. The van der Waals surface area contributed by atoms with Crippen LogP contribution >= 0.6 is 0 Å². The summed E-state index contributed by atoms with van der Waals surface area (Å²) >= 11 is 0. The van der Waals surface area contributed by atoms with Crippen molar-refractivity contribution in [2.45, 2.75) is 26.3 Å². The maximum atomic E-state index is 12.3. The quantitative estimate of drug-likeness (QED) is 0.941. The number of amides is 1. The molecule has 1 aromatic heterocycles. The molecule has 5 nitrogen and oxygen atoms in total. The Morgan fingerprint density at radius 2 is 1.76 bits per heavy atom. The van der Waals surface area contributed by atoms with E-state index in [2.05, 4.69) is 15.3 Å². The van der Waals surface area contributed by atoms with Gasteiger partial charge >= 0.3 is 0 Å². The van der Waals surface area contributed by atoms with Crippen molar-refractivity contribution in [2.24, 2.45) is 0 Å². The van der Waals surface area contributed by atoms with E-state index >= 15 is 0 Å². The molecule has 0 aliphatic rings. The Morgan fingerprint density at radius 1 is 1.10 bits per heavy atom. The van der Waals surface area contributed by atoms with Gasteiger partial charge in [-0.1, -0.05) is 18.2 Å². The van der Waals surface area contributed by atoms with E-state index in [0.717, 1.165) is 5.69 Å². The Kier molecular flexibility index (Phi) is 4.21. The van der Waals surface area contributed by atoms with Crippen LogP contribution in [0.5, 0.6) is 0 Å². The highest BCUT2D eigenvalue weighted by atomic mass is 16.2. The van der Waals surface area contributed by atoms with E-state index in [9.17, 15) is 4.79 Å². The first-order valence-corrected chi connectivity index (χ1v) is 6.80. The van der Waals surface area contributed by atoms with E-state index in [1.807, 2.05) is 51.1 Å². The van der Waals surface area contributed by atoms with E-state index < -0.39 is 0 Å². The van der Waals surface area contributed by atoms with Crippen LogP contribution in [0.3, 0.4) is 0 Å². The summed E-state index contributed by atoms with van der Waals surface area (Å²) in [4.78, 5) is 22.3. The number of anilines is 2. The predicted molar refractivity (Wildman–Crippen MR) is 84.6 cm³/mol. The van der Waals surface area contributed by atoms with Gasteiger partial charge in [0.1, 0.15) is 11.5 Å². The van der Waals surface area contributed by atoms with Gasteiger partial charge < -0.3 is 10.2 Å². The fraction of sp³-hybridized carbons (Fsp3) is 0.312. The van der Waals surface area contributed by atoms with Crippen molar-refractivity contribution in [3.63, 3.8) is 0 Å². The molecule has 0 saturated heterocycles. The number of rotatable bonds is 3. The van der Waals surface area contributed by atoms with Crippen LogP contribution in [0, 0.1) is 0 Å². The second-order valence-corrected chi connectivity index (χ2v) is 5.86. The molecule has 0 radical (unpaired) electrons. The van der Waals surface area contributed by atoms with Gasteiger partial charge in [-0.05, 0) is 32.9 Å². The Hall–Kier alpha value is -2.43. The van der Waals surface area contributed by atoms with Crippen LogP contribution in [-0.4, -0.2) is 28.5 Å². The predicted octanol–water partition coefficient (Wildman–Crippen LogP) is 2.96. The molecule has 0 fully saturated rings. The molecule has 1 N–H and O–H groups in total. The van der Waals surface area contributed by atoms with Crippen molar-refractivity contribution in [1.29, 1.82) is 0 Å². The number of aromatic nitrogens is 2. The van der Waals surface area contributed by atoms with Gasteiger partial charge in [0, 0.05) is 18.3 Å². The van der Waals surface area contributed by atoms with Gasteiger partial charge in [-0.25, -0.2) is 9.97 Å². The highest BCUT2D eigenvalue weighted by Gasteiger charge is 2.16. The number of hydrogen-bond acceptors (Lipinski definition) is 4. The molecule has 5 heteroatoms. The van der Waals surface area contributed by atoms with E-state index in [-0.39, 0.29) is 11.4 Å². The Labute approximate surface area is 125 Å². The van der Waals surface area contributed by atoms with Crippen LogP contribution < -0.4 is 10.2 Å². The second kappa shape index (κ2) is 5.91. The summed E-state index contributed by atoms with van der Waals surface area (Å²) in [5.41, 5.74) is 1.04. The summed E-state index contributed by atoms with van der Waals surface area (Å²) in [5.74, 6) is 0.470. The number of benzene rings is 1. The summed E-state index contributed by atoms with van der Waals surface area (Å²) < 4.78 is 0. The molecule has 0 aliphatic heterocycles. The molecule has 0 spiro atoms. The number of para-hydroxylation sites is 1. The van der Waals surface area contributed by atoms with Gasteiger partial charge in [-0.3, -0.25) is 4.79 Å². The van der Waals surface area contributed by atoms with Gasteiger partial charge in [-0.15, -0.1) is 0 Å². The second-order valence-electron chi connectivity index (χ2n) is 5.86. The largest absolute Gasteiger partial charge is 0.364 e. The van der Waals surface area contributed by atoms with Crippen LogP contribution in [0.2, 0.25) is 0 Å². The lowest BCUT2D eigenvalue weighted by Gasteiger charge is -2.21. The van der Waals surface area contributed by atoms with Crippen LogP contribution in [0.15, 0.2) is 42.7 Å². The molecule has 0 aliphatic carbocycles. The minimum absolute atomic E-state index is 0.0962. The van der Waals surface area contributed by atoms with Crippen molar-refractivity contribution in [1.82, 2.24) is 9.97 Å². The Balaban J connectivity index is 2.13. The van der Waals surface area contributed by atoms with Crippen LogP contribution in [0.4, 0.5) is 11.5 Å². The van der Waals surface area contributed by atoms with Gasteiger partial charge in [0.2, 0.25) is 0 Å². The van der Waals surface area contributed by atoms with Crippen molar-refractivity contribution < 1.29 is 4.79 Å². The third-order valence-corrected chi connectivity index (χ3v) is 2.82. The third-order valence-electron chi connectivity index (χ3n) is 2.82. The molecule has 0 bridgehead atoms. The first-order valence-electron chi connectivity index (χ1n) is 6.80. The minimum Gasteiger partial charge on any atom is -0.364 e. The third kappa shape index (κ3) is 4.02. The number of nitrogens with one attached hydrogen (secondary N) is 1. The first-order chi connectivity index (χ1) is 9.87. The minimum atomic E-state index is -0.184. The molecule has 1 aromatic carbocycles. The van der Waals surface area contributed by atoms with Crippen molar-refractivity contribution in [2.75, 3.05) is 17.3 Å². The van der Waals surface area contributed by atoms with Crippen molar-refractivity contribution in [3.05, 3.63) is 48.4 Å². The topological polar surface area (TPSA) is 58.1 Å². The van der Waals surface area contributed by atoms with Crippen molar-refractivity contribution >= 4 is 17.4 Å². The van der Waals surface area contributed by atoms with E-state index in [1.54, 1.807) is 18.1 Å². The zero-order chi connectivity index (χ0) is 15.5. The zero-order valence-electron chi connectivity index (χ0n) is 12.8. The molecule has 21 heavy (non-hydrogen) atoms. The fourth-order valence-electron chi connectivity index (χ4n) is 1.83. The molecule has 1 amide bonds. The number of nitrogens with zero attached hydrogens (tertiary/aromatic N) is 3. The molecule has 1 heterocycles. The van der Waals surface area contributed by atoms with E-state index in [1.165, 1.54) is 6.20 Å². The summed E-state index contributed by atoms with van der Waals surface area (Å²) in [5, 5.41) is 3.21. The first kappa shape index (κ1) is 15.0. The summed E-state index contributed by atoms with van der Waals surface area (Å²) in [7, 11) is 1.72. The molecule has 110 valence electrons. The van der Waals surface area contributed by atoms with Crippen LogP contribution in [-0.2, 0) is 0 Å². The molecule has 0 saturated carbocycles. The SMILES string of the molecule is CN(C(=O)c1cnc(NC(C)(C)C)cn1)c1ccccc1. The molecule has 0 unspecified atom stereocenters. The monoisotopic (exact) mass is 284 g/mol. The number of carbonyl (C=O) groups is 1. The highest BCUT2D eigenvalue weighted by Crippen LogP contribution is 2.15. The zero-order valence-corrected chi connectivity index (χ0v) is 12.8. The molecule has 0 atom stereocenters. The standard InChI is InChI=1S/C16H20N4O/c1-16(2,3)19-14-11-17-13(10-18-14)15(21)20(4)12-8-6-5-7-9-12/h5-11H,1-4H3,(H,18,19). The summed E-state index contributed by atoms with van der Waals surface area (Å²) in [6.45, 7) is 6.12. The molecular weight excluding hydrogens is 264 g/mol. The maximum absolute atomic E-state index is 12.3. The summed E-state index contributed by atoms with van der Waals surface area (Å²) in [6, 6.07) is 9.44. The average molecular weight is 284 g/mol. The molecule has 2 rings (SSSR count). The fourth-order valence-corrected chi connectivity index (χ4v) is 1.83. The summed E-state index contributed by atoms with van der Waals surface area (Å²) in [6.07, 6.45) is 3.08. The van der Waals surface area contributed by atoms with Crippen LogP contribution in [0.1, 0.15) is 31.3 Å². The van der Waals surface area contributed by atoms with Crippen molar-refractivity contribution in [3.8, 4) is 0 Å². The van der Waals surface area contributed by atoms with Gasteiger partial charge in [0.15, 0.2) is 0 Å². The van der Waals surface area contributed by atoms with Gasteiger partial charge in [0.25, 0.3) is 5.91 Å². The molecular formula is C16H20N4O. The van der Waals surface area contributed by atoms with Gasteiger partial charge in [-0.2, -0.15) is 0 Å². The normalized spacial score (nSPS) is 11.0. The van der Waals surface area contributed by atoms with Crippen LogP contribution in [0.25, 0.3) is 0 Å². The Bertz CT molecular complexity index is 602. The van der Waals surface area contributed by atoms with E-state index in [0.29, 0.717) is 11.5 Å². The molecule has 2 aromatic rings. The highest BCUT2D eigenvalue weighted by molar-refractivity contribution is 6.04. The lowest BCUT2D eigenvalue weighted by molar-refractivity contribution is 0.0988. The number of hydrogen-bond donors (Lipinski definition) is 1. The smallest absolute Gasteiger partial charge is 0.278 e. The van der Waals surface area contributed by atoms with Gasteiger partial charge in [0.05, 0.1) is 12.4 Å². The maximum Gasteiger partial charge on any atom is 0.278 e. The Morgan fingerprint density at radius 3 is 2.29 bits per heavy atom. The van der Waals surface area contributed by atoms with E-state index in [4.69, 9.17) is 0 Å². The lowest BCUT2D eigenvalue weighted by atomic mass is 10.1.